The average molecular weight is 402 g/mol. The van der Waals surface area contributed by atoms with Gasteiger partial charge in [-0.2, -0.15) is 5.10 Å². The number of piperazine rings is 1. The van der Waals surface area contributed by atoms with Crippen LogP contribution in [-0.4, -0.2) is 52.1 Å². The van der Waals surface area contributed by atoms with Crippen LogP contribution in [0.15, 0.2) is 53.6 Å². The first-order valence-electron chi connectivity index (χ1n) is 10.1. The first-order chi connectivity index (χ1) is 14.7. The third-order valence-electron chi connectivity index (χ3n) is 5.70. The molecule has 0 saturated carbocycles. The largest absolute Gasteiger partial charge is 0.493 e. The van der Waals surface area contributed by atoms with E-state index in [9.17, 15) is 9.59 Å². The molecule has 152 valence electrons. The molecule has 3 aromatic rings. The Balaban J connectivity index is 1.43. The molecule has 0 bridgehead atoms. The Morgan fingerprint density at radius 3 is 2.80 bits per heavy atom. The molecule has 2 aliphatic heterocycles. The van der Waals surface area contributed by atoms with Crippen LogP contribution >= 0.6 is 0 Å². The fourth-order valence-corrected chi connectivity index (χ4v) is 4.26. The lowest BCUT2D eigenvalue weighted by Crippen LogP contribution is -2.60. The molecule has 0 spiro atoms. The van der Waals surface area contributed by atoms with Gasteiger partial charge in [0.15, 0.2) is 0 Å². The van der Waals surface area contributed by atoms with Gasteiger partial charge in [-0.1, -0.05) is 30.3 Å². The molecule has 0 radical (unpaired) electrons. The van der Waals surface area contributed by atoms with Gasteiger partial charge in [-0.25, -0.2) is 5.01 Å². The molecule has 2 aliphatic rings. The molecule has 5 rings (SSSR count). The molecule has 1 atom stereocenters. The van der Waals surface area contributed by atoms with Crippen LogP contribution in [0.3, 0.4) is 0 Å². The molecule has 1 unspecified atom stereocenters. The van der Waals surface area contributed by atoms with Crippen LogP contribution in [0.2, 0.25) is 0 Å². The molecular formula is C23H22N4O3. The zero-order chi connectivity index (χ0) is 20.7. The van der Waals surface area contributed by atoms with E-state index in [4.69, 9.17) is 4.74 Å². The molecule has 1 saturated heterocycles. The number of hydrogen-bond acceptors (Lipinski definition) is 4. The summed E-state index contributed by atoms with van der Waals surface area (Å²) in [6.45, 7) is 2.82. The Kier molecular flexibility index (Phi) is 4.50. The van der Waals surface area contributed by atoms with Crippen molar-refractivity contribution < 1.29 is 14.3 Å². The van der Waals surface area contributed by atoms with Gasteiger partial charge in [0.1, 0.15) is 18.3 Å². The van der Waals surface area contributed by atoms with Crippen LogP contribution in [0, 0.1) is 0 Å². The van der Waals surface area contributed by atoms with Crippen molar-refractivity contribution in [3.63, 3.8) is 0 Å². The maximum absolute atomic E-state index is 13.2. The number of fused-ring (bicyclic) bond motifs is 4. The van der Waals surface area contributed by atoms with Crippen LogP contribution in [0.4, 0.5) is 0 Å². The summed E-state index contributed by atoms with van der Waals surface area (Å²) in [5, 5.41) is 6.74. The molecule has 1 N–H and O–H groups in total. The number of para-hydroxylation sites is 2. The molecule has 3 heterocycles. The summed E-state index contributed by atoms with van der Waals surface area (Å²) in [5.74, 6) is 0.442. The maximum atomic E-state index is 13.2. The van der Waals surface area contributed by atoms with Crippen molar-refractivity contribution >= 4 is 28.9 Å². The van der Waals surface area contributed by atoms with E-state index >= 15 is 0 Å². The van der Waals surface area contributed by atoms with Crippen molar-refractivity contribution in [2.24, 2.45) is 5.10 Å². The van der Waals surface area contributed by atoms with E-state index < -0.39 is 6.04 Å². The first kappa shape index (κ1) is 18.4. The van der Waals surface area contributed by atoms with E-state index in [1.54, 1.807) is 11.1 Å². The number of aromatic amines is 1. The number of nitrogens with one attached hydrogen (secondary N) is 1. The number of benzene rings is 2. The number of nitrogens with zero attached hydrogens (tertiary/aromatic N) is 3. The zero-order valence-corrected chi connectivity index (χ0v) is 16.7. The Bertz CT molecular complexity index is 1170. The van der Waals surface area contributed by atoms with E-state index in [-0.39, 0.29) is 18.4 Å². The van der Waals surface area contributed by atoms with Crippen molar-refractivity contribution in [2.75, 3.05) is 13.2 Å². The molecule has 1 aromatic heterocycles. The van der Waals surface area contributed by atoms with Crippen molar-refractivity contribution in [1.29, 1.82) is 0 Å². The molecular weight excluding hydrogens is 380 g/mol. The number of ether oxygens (including phenoxy) is 1. The van der Waals surface area contributed by atoms with Crippen LogP contribution in [0.5, 0.6) is 5.75 Å². The number of hydrazone groups is 1. The monoisotopic (exact) mass is 402 g/mol. The van der Waals surface area contributed by atoms with Crippen molar-refractivity contribution in [3.8, 4) is 5.75 Å². The van der Waals surface area contributed by atoms with Gasteiger partial charge in [-0.3, -0.25) is 9.59 Å². The lowest BCUT2D eigenvalue weighted by molar-refractivity contribution is -0.157. The van der Waals surface area contributed by atoms with Crippen molar-refractivity contribution in [2.45, 2.75) is 25.9 Å². The summed E-state index contributed by atoms with van der Waals surface area (Å²) in [6.07, 6.45) is 2.08. The predicted octanol–water partition coefficient (Wildman–Crippen LogP) is 2.70. The number of carbonyl (C=O) groups excluding carboxylic acids is 2. The van der Waals surface area contributed by atoms with Crippen LogP contribution in [0.25, 0.3) is 10.9 Å². The molecule has 0 aliphatic carbocycles. The molecule has 7 nitrogen and oxygen atoms in total. The number of hydrogen-bond donors (Lipinski definition) is 1. The number of aromatic nitrogens is 1. The van der Waals surface area contributed by atoms with Crippen molar-refractivity contribution in [3.05, 3.63) is 65.4 Å². The first-order valence-corrected chi connectivity index (χ1v) is 10.1. The number of amides is 2. The second-order valence-electron chi connectivity index (χ2n) is 7.48. The SMILES string of the molecule is CCOc1ccccc1C=NN1CC(=O)N2Cc3[nH]c4ccccc4c3CC2C1=O. The lowest BCUT2D eigenvalue weighted by atomic mass is 9.94. The summed E-state index contributed by atoms with van der Waals surface area (Å²) in [7, 11) is 0. The fraction of sp³-hybridized carbons (Fsp3) is 0.261. The minimum absolute atomic E-state index is 0.0573. The van der Waals surface area contributed by atoms with Gasteiger partial charge in [0.05, 0.1) is 19.4 Å². The Morgan fingerprint density at radius 1 is 1.13 bits per heavy atom. The van der Waals surface area contributed by atoms with Crippen LogP contribution < -0.4 is 4.74 Å². The molecule has 1 fully saturated rings. The van der Waals surface area contributed by atoms with Crippen molar-refractivity contribution in [1.82, 2.24) is 14.9 Å². The number of carbonyl (C=O) groups is 2. The highest BCUT2D eigenvalue weighted by atomic mass is 16.5. The van der Waals surface area contributed by atoms with Gasteiger partial charge in [-0.15, -0.1) is 0 Å². The van der Waals surface area contributed by atoms with Gasteiger partial charge in [0.2, 0.25) is 5.91 Å². The fourth-order valence-electron chi connectivity index (χ4n) is 4.26. The van der Waals surface area contributed by atoms with Gasteiger partial charge in [-0.05, 0) is 30.7 Å². The lowest BCUT2D eigenvalue weighted by Gasteiger charge is -2.40. The second-order valence-corrected chi connectivity index (χ2v) is 7.48. The Labute approximate surface area is 173 Å². The minimum Gasteiger partial charge on any atom is -0.493 e. The third-order valence-corrected chi connectivity index (χ3v) is 5.70. The van der Waals surface area contributed by atoms with Gasteiger partial charge in [0, 0.05) is 28.6 Å². The molecule has 2 aromatic carbocycles. The molecule has 7 heteroatoms. The van der Waals surface area contributed by atoms with Gasteiger partial charge < -0.3 is 14.6 Å². The highest BCUT2D eigenvalue weighted by molar-refractivity contribution is 5.97. The van der Waals surface area contributed by atoms with Gasteiger partial charge in [0.25, 0.3) is 5.91 Å². The minimum atomic E-state index is -0.530. The standard InChI is InChI=1S/C23H22N4O3/c1-2-30-21-10-6-3-7-15(21)12-24-27-14-22(28)26-13-19-17(11-20(26)23(27)29)16-8-4-5-9-18(16)25-19/h3-10,12,20,25H,2,11,13-14H2,1H3. The maximum Gasteiger partial charge on any atom is 0.266 e. The van der Waals surface area contributed by atoms with E-state index in [0.717, 1.165) is 27.7 Å². The smallest absolute Gasteiger partial charge is 0.266 e. The highest BCUT2D eigenvalue weighted by Gasteiger charge is 2.43. The second kappa shape index (κ2) is 7.33. The summed E-state index contributed by atoms with van der Waals surface area (Å²) >= 11 is 0. The van der Waals surface area contributed by atoms with E-state index in [0.29, 0.717) is 25.3 Å². The van der Waals surface area contributed by atoms with E-state index in [1.165, 1.54) is 5.01 Å². The number of H-pyrrole nitrogens is 1. The summed E-state index contributed by atoms with van der Waals surface area (Å²) in [5.41, 5.74) is 3.92. The summed E-state index contributed by atoms with van der Waals surface area (Å²) in [4.78, 5) is 31.1. The highest BCUT2D eigenvalue weighted by Crippen LogP contribution is 2.32. The van der Waals surface area contributed by atoms with Crippen LogP contribution in [-0.2, 0) is 22.6 Å². The van der Waals surface area contributed by atoms with Gasteiger partial charge >= 0.3 is 0 Å². The topological polar surface area (TPSA) is 78.0 Å². The summed E-state index contributed by atoms with van der Waals surface area (Å²) < 4.78 is 5.61. The Hall–Kier alpha value is -3.61. The average Bonchev–Trinajstić information content (AvgIpc) is 3.13. The zero-order valence-electron chi connectivity index (χ0n) is 16.7. The van der Waals surface area contributed by atoms with E-state index in [1.807, 2.05) is 49.4 Å². The molecule has 30 heavy (non-hydrogen) atoms. The third kappa shape index (κ3) is 3.03. The van der Waals surface area contributed by atoms with E-state index in [2.05, 4.69) is 16.2 Å². The Morgan fingerprint density at radius 2 is 1.93 bits per heavy atom. The molecule has 2 amide bonds. The number of rotatable bonds is 4. The quantitative estimate of drug-likeness (QED) is 0.682. The predicted molar refractivity (Wildman–Crippen MR) is 113 cm³/mol. The normalized spacial score (nSPS) is 18.8. The summed E-state index contributed by atoms with van der Waals surface area (Å²) in [6, 6.07) is 15.0. The van der Waals surface area contributed by atoms with Crippen LogP contribution in [0.1, 0.15) is 23.7 Å².